The standard InChI is InChI=1S/C16H19N7OS/c1-22-9-7-18-16(22)25-10-8-17-15(24)14(23-12-19-20-21-23)11-13-5-3-2-4-6-13/h2-7,9,12,14H,8,10-11H2,1H3,(H,17,24)/t14-/m1/s1. The van der Waals surface area contributed by atoms with Gasteiger partial charge in [0.2, 0.25) is 5.91 Å². The number of amides is 1. The Kier molecular flexibility index (Phi) is 5.78. The van der Waals surface area contributed by atoms with Crippen molar-refractivity contribution in [3.8, 4) is 0 Å². The van der Waals surface area contributed by atoms with Gasteiger partial charge in [-0.1, -0.05) is 42.1 Å². The van der Waals surface area contributed by atoms with Crippen LogP contribution in [0, 0.1) is 0 Å². The van der Waals surface area contributed by atoms with E-state index >= 15 is 0 Å². The van der Waals surface area contributed by atoms with Crippen molar-refractivity contribution in [1.82, 2.24) is 35.1 Å². The Morgan fingerprint density at radius 2 is 2.16 bits per heavy atom. The molecule has 0 aliphatic rings. The van der Waals surface area contributed by atoms with Gasteiger partial charge in [-0.3, -0.25) is 4.79 Å². The summed E-state index contributed by atoms with van der Waals surface area (Å²) in [5.41, 5.74) is 1.06. The molecule has 9 heteroatoms. The van der Waals surface area contributed by atoms with Crippen LogP contribution < -0.4 is 5.32 Å². The Hall–Kier alpha value is -2.68. The number of aryl methyl sites for hydroxylation is 1. The van der Waals surface area contributed by atoms with Crippen LogP contribution in [0.25, 0.3) is 0 Å². The molecule has 1 amide bonds. The van der Waals surface area contributed by atoms with Gasteiger partial charge in [0.15, 0.2) is 5.16 Å². The lowest BCUT2D eigenvalue weighted by Gasteiger charge is -2.16. The number of nitrogens with one attached hydrogen (secondary N) is 1. The minimum atomic E-state index is -0.476. The maximum atomic E-state index is 12.6. The van der Waals surface area contributed by atoms with Crippen LogP contribution in [0.2, 0.25) is 0 Å². The highest BCUT2D eigenvalue weighted by molar-refractivity contribution is 7.99. The number of benzene rings is 1. The molecule has 1 aromatic carbocycles. The first-order valence-corrected chi connectivity index (χ1v) is 8.87. The first-order valence-electron chi connectivity index (χ1n) is 7.88. The summed E-state index contributed by atoms with van der Waals surface area (Å²) in [5, 5.41) is 15.1. The number of hydrogen-bond donors (Lipinski definition) is 1. The second kappa shape index (κ2) is 8.43. The van der Waals surface area contributed by atoms with Gasteiger partial charge in [-0.15, -0.1) is 5.10 Å². The second-order valence-electron chi connectivity index (χ2n) is 5.46. The molecule has 2 aromatic heterocycles. The molecule has 1 atom stereocenters. The summed E-state index contributed by atoms with van der Waals surface area (Å²) in [6.45, 7) is 0.545. The quantitative estimate of drug-likeness (QED) is 0.480. The Labute approximate surface area is 149 Å². The number of nitrogens with zero attached hydrogens (tertiary/aromatic N) is 6. The summed E-state index contributed by atoms with van der Waals surface area (Å²) in [6, 6.07) is 9.35. The smallest absolute Gasteiger partial charge is 0.245 e. The molecule has 0 unspecified atom stereocenters. The van der Waals surface area contributed by atoms with Gasteiger partial charge in [0.1, 0.15) is 12.4 Å². The summed E-state index contributed by atoms with van der Waals surface area (Å²) < 4.78 is 3.44. The molecule has 0 radical (unpaired) electrons. The number of carbonyl (C=O) groups is 1. The van der Waals surface area contributed by atoms with Crippen molar-refractivity contribution in [1.29, 1.82) is 0 Å². The van der Waals surface area contributed by atoms with Crippen LogP contribution in [-0.4, -0.2) is 48.0 Å². The van der Waals surface area contributed by atoms with E-state index in [-0.39, 0.29) is 5.91 Å². The van der Waals surface area contributed by atoms with E-state index in [0.29, 0.717) is 13.0 Å². The zero-order chi connectivity index (χ0) is 17.5. The lowest BCUT2D eigenvalue weighted by Crippen LogP contribution is -2.35. The van der Waals surface area contributed by atoms with Gasteiger partial charge in [0.05, 0.1) is 0 Å². The van der Waals surface area contributed by atoms with Crippen LogP contribution in [0.3, 0.4) is 0 Å². The minimum absolute atomic E-state index is 0.100. The van der Waals surface area contributed by atoms with Crippen molar-refractivity contribution in [3.05, 3.63) is 54.6 Å². The van der Waals surface area contributed by atoms with Crippen LogP contribution in [-0.2, 0) is 18.3 Å². The van der Waals surface area contributed by atoms with Crippen molar-refractivity contribution < 1.29 is 4.79 Å². The molecule has 0 aliphatic carbocycles. The minimum Gasteiger partial charge on any atom is -0.353 e. The number of imidazole rings is 1. The molecular formula is C16H19N7OS. The number of thioether (sulfide) groups is 1. The Morgan fingerprint density at radius 3 is 2.84 bits per heavy atom. The molecule has 0 saturated heterocycles. The predicted octanol–water partition coefficient (Wildman–Crippen LogP) is 1.10. The van der Waals surface area contributed by atoms with E-state index < -0.39 is 6.04 Å². The SMILES string of the molecule is Cn1ccnc1SCCNC(=O)[C@@H](Cc1ccccc1)n1cnnn1. The number of hydrogen-bond acceptors (Lipinski definition) is 6. The van der Waals surface area contributed by atoms with Crippen molar-refractivity contribution in [2.45, 2.75) is 17.6 Å². The van der Waals surface area contributed by atoms with E-state index in [9.17, 15) is 4.79 Å². The third-order valence-corrected chi connectivity index (χ3v) is 4.73. The zero-order valence-electron chi connectivity index (χ0n) is 13.8. The molecule has 2 heterocycles. The van der Waals surface area contributed by atoms with Crippen LogP contribution in [0.5, 0.6) is 0 Å². The van der Waals surface area contributed by atoms with Crippen LogP contribution >= 0.6 is 11.8 Å². The maximum absolute atomic E-state index is 12.6. The van der Waals surface area contributed by atoms with Gasteiger partial charge in [-0.25, -0.2) is 9.67 Å². The molecule has 25 heavy (non-hydrogen) atoms. The average Bonchev–Trinajstić information content (AvgIpc) is 3.29. The van der Waals surface area contributed by atoms with E-state index in [1.54, 1.807) is 18.0 Å². The second-order valence-corrected chi connectivity index (χ2v) is 6.52. The fourth-order valence-corrected chi connectivity index (χ4v) is 3.17. The number of aromatic nitrogens is 6. The van der Waals surface area contributed by atoms with E-state index in [1.807, 2.05) is 48.1 Å². The summed E-state index contributed by atoms with van der Waals surface area (Å²) in [5.74, 6) is 0.640. The number of rotatable bonds is 8. The lowest BCUT2D eigenvalue weighted by atomic mass is 10.1. The fourth-order valence-electron chi connectivity index (χ4n) is 2.38. The van der Waals surface area contributed by atoms with Crippen LogP contribution in [0.15, 0.2) is 54.2 Å². The number of carbonyl (C=O) groups excluding carboxylic acids is 1. The van der Waals surface area contributed by atoms with E-state index in [2.05, 4.69) is 25.8 Å². The fraction of sp³-hybridized carbons (Fsp3) is 0.312. The molecule has 0 saturated carbocycles. The van der Waals surface area contributed by atoms with Crippen molar-refractivity contribution in [2.24, 2.45) is 7.05 Å². The summed E-state index contributed by atoms with van der Waals surface area (Å²) in [4.78, 5) is 16.9. The number of tetrazole rings is 1. The third-order valence-electron chi connectivity index (χ3n) is 3.67. The molecule has 3 aromatic rings. The van der Waals surface area contributed by atoms with Crippen LogP contribution in [0.4, 0.5) is 0 Å². The molecular weight excluding hydrogens is 338 g/mol. The third kappa shape index (κ3) is 4.66. The van der Waals surface area contributed by atoms with Crippen molar-refractivity contribution in [3.63, 3.8) is 0 Å². The van der Waals surface area contributed by atoms with Gasteiger partial charge in [0, 0.05) is 38.2 Å². The Bertz CT molecular complexity index is 788. The van der Waals surface area contributed by atoms with E-state index in [0.717, 1.165) is 16.5 Å². The van der Waals surface area contributed by atoms with Crippen molar-refractivity contribution >= 4 is 17.7 Å². The molecule has 1 N–H and O–H groups in total. The molecule has 0 fully saturated rings. The summed E-state index contributed by atoms with van der Waals surface area (Å²) >= 11 is 1.60. The van der Waals surface area contributed by atoms with Gasteiger partial charge >= 0.3 is 0 Å². The normalized spacial score (nSPS) is 12.0. The molecule has 8 nitrogen and oxygen atoms in total. The summed E-state index contributed by atoms with van der Waals surface area (Å²) in [7, 11) is 1.95. The molecule has 130 valence electrons. The first kappa shape index (κ1) is 17.2. The highest BCUT2D eigenvalue weighted by atomic mass is 32.2. The van der Waals surface area contributed by atoms with Crippen molar-refractivity contribution in [2.75, 3.05) is 12.3 Å². The Morgan fingerprint density at radius 1 is 1.32 bits per heavy atom. The molecule has 0 aliphatic heterocycles. The molecule has 3 rings (SSSR count). The van der Waals surface area contributed by atoms with Crippen LogP contribution in [0.1, 0.15) is 11.6 Å². The van der Waals surface area contributed by atoms with E-state index in [1.165, 1.54) is 11.0 Å². The Balaban J connectivity index is 1.57. The zero-order valence-corrected chi connectivity index (χ0v) is 14.6. The molecule has 0 spiro atoms. The molecule has 0 bridgehead atoms. The van der Waals surface area contributed by atoms with Gasteiger partial charge in [0.25, 0.3) is 0 Å². The van der Waals surface area contributed by atoms with Gasteiger partial charge in [-0.05, 0) is 16.0 Å². The largest absolute Gasteiger partial charge is 0.353 e. The van der Waals surface area contributed by atoms with Gasteiger partial charge < -0.3 is 9.88 Å². The monoisotopic (exact) mass is 357 g/mol. The maximum Gasteiger partial charge on any atom is 0.245 e. The highest BCUT2D eigenvalue weighted by Crippen LogP contribution is 2.15. The predicted molar refractivity (Wildman–Crippen MR) is 93.9 cm³/mol. The first-order chi connectivity index (χ1) is 12.2. The topological polar surface area (TPSA) is 90.5 Å². The lowest BCUT2D eigenvalue weighted by molar-refractivity contribution is -0.124. The highest BCUT2D eigenvalue weighted by Gasteiger charge is 2.21. The summed E-state index contributed by atoms with van der Waals surface area (Å²) in [6.07, 6.45) is 5.66. The average molecular weight is 357 g/mol. The van der Waals surface area contributed by atoms with E-state index in [4.69, 9.17) is 0 Å². The van der Waals surface area contributed by atoms with Gasteiger partial charge in [-0.2, -0.15) is 0 Å².